The van der Waals surface area contributed by atoms with Gasteiger partial charge in [0.25, 0.3) is 0 Å². The second-order valence-electron chi connectivity index (χ2n) is 5.48. The standard InChI is InChI=1S/C14H19N3O/c1-10-5-7-11(8-6-10)15-9-12-16-13(17-18-12)14(2,3)4/h5-8,15H,9H2,1-4H3. The molecule has 4 heteroatoms. The largest absolute Gasteiger partial charge is 0.376 e. The van der Waals surface area contributed by atoms with Crippen molar-refractivity contribution < 1.29 is 4.52 Å². The third-order valence-electron chi connectivity index (χ3n) is 2.63. The average Bonchev–Trinajstić information content (AvgIpc) is 2.77. The number of nitrogens with zero attached hydrogens (tertiary/aromatic N) is 2. The Balaban J connectivity index is 1.98. The fraction of sp³-hybridized carbons (Fsp3) is 0.429. The highest BCUT2D eigenvalue weighted by Crippen LogP contribution is 2.18. The van der Waals surface area contributed by atoms with Crippen LogP contribution in [0.15, 0.2) is 28.8 Å². The molecule has 0 saturated carbocycles. The van der Waals surface area contributed by atoms with Gasteiger partial charge in [0.05, 0.1) is 6.54 Å². The van der Waals surface area contributed by atoms with E-state index in [9.17, 15) is 0 Å². The van der Waals surface area contributed by atoms with E-state index in [1.807, 2.05) is 12.1 Å². The van der Waals surface area contributed by atoms with Crippen LogP contribution < -0.4 is 5.32 Å². The highest BCUT2D eigenvalue weighted by Gasteiger charge is 2.20. The minimum atomic E-state index is -0.0778. The first-order chi connectivity index (χ1) is 8.45. The number of anilines is 1. The van der Waals surface area contributed by atoms with Crippen LogP contribution in [0.1, 0.15) is 38.0 Å². The molecule has 0 atom stereocenters. The van der Waals surface area contributed by atoms with Crippen molar-refractivity contribution in [1.29, 1.82) is 0 Å². The first kappa shape index (κ1) is 12.6. The molecule has 2 rings (SSSR count). The summed E-state index contributed by atoms with van der Waals surface area (Å²) >= 11 is 0. The highest BCUT2D eigenvalue weighted by atomic mass is 16.5. The zero-order valence-electron chi connectivity index (χ0n) is 11.3. The maximum Gasteiger partial charge on any atom is 0.245 e. The van der Waals surface area contributed by atoms with Crippen molar-refractivity contribution in [3.05, 3.63) is 41.5 Å². The van der Waals surface area contributed by atoms with Gasteiger partial charge in [-0.15, -0.1) is 0 Å². The van der Waals surface area contributed by atoms with Crippen LogP contribution in [-0.2, 0) is 12.0 Å². The van der Waals surface area contributed by atoms with E-state index in [0.717, 1.165) is 11.5 Å². The van der Waals surface area contributed by atoms with E-state index in [0.29, 0.717) is 12.4 Å². The molecule has 0 fully saturated rings. The number of rotatable bonds is 3. The second-order valence-corrected chi connectivity index (χ2v) is 5.48. The SMILES string of the molecule is Cc1ccc(NCc2nc(C(C)(C)C)no2)cc1. The van der Waals surface area contributed by atoms with E-state index < -0.39 is 0 Å². The molecule has 4 nitrogen and oxygen atoms in total. The Bertz CT molecular complexity index is 509. The van der Waals surface area contributed by atoms with E-state index in [-0.39, 0.29) is 5.41 Å². The fourth-order valence-corrected chi connectivity index (χ4v) is 1.48. The van der Waals surface area contributed by atoms with Gasteiger partial charge >= 0.3 is 0 Å². The van der Waals surface area contributed by atoms with E-state index in [1.165, 1.54) is 5.56 Å². The number of aryl methyl sites for hydroxylation is 1. The monoisotopic (exact) mass is 245 g/mol. The third-order valence-corrected chi connectivity index (χ3v) is 2.63. The van der Waals surface area contributed by atoms with E-state index in [2.05, 4.69) is 55.3 Å². The molecule has 1 heterocycles. The number of hydrogen-bond donors (Lipinski definition) is 1. The number of hydrogen-bond acceptors (Lipinski definition) is 4. The molecule has 2 aromatic rings. The predicted molar refractivity (Wildman–Crippen MR) is 71.5 cm³/mol. The van der Waals surface area contributed by atoms with Crippen LogP contribution in [0.25, 0.3) is 0 Å². The molecule has 1 N–H and O–H groups in total. The lowest BCUT2D eigenvalue weighted by Gasteiger charge is -2.10. The number of aromatic nitrogens is 2. The Kier molecular flexibility index (Phi) is 3.36. The summed E-state index contributed by atoms with van der Waals surface area (Å²) in [5.74, 6) is 1.35. The van der Waals surface area contributed by atoms with Gasteiger partial charge < -0.3 is 9.84 Å². The maximum atomic E-state index is 5.21. The molecule has 1 aromatic heterocycles. The van der Waals surface area contributed by atoms with Gasteiger partial charge in [-0.1, -0.05) is 43.6 Å². The van der Waals surface area contributed by atoms with Gasteiger partial charge in [-0.3, -0.25) is 0 Å². The summed E-state index contributed by atoms with van der Waals surface area (Å²) in [5.41, 5.74) is 2.22. The Labute approximate surface area is 107 Å². The first-order valence-electron chi connectivity index (χ1n) is 6.09. The molecule has 96 valence electrons. The van der Waals surface area contributed by atoms with Crippen molar-refractivity contribution in [2.75, 3.05) is 5.32 Å². The molecular formula is C14H19N3O. The lowest BCUT2D eigenvalue weighted by molar-refractivity contribution is 0.367. The second kappa shape index (κ2) is 4.80. The fourth-order valence-electron chi connectivity index (χ4n) is 1.48. The summed E-state index contributed by atoms with van der Waals surface area (Å²) in [7, 11) is 0. The molecule has 0 radical (unpaired) electrons. The van der Waals surface area contributed by atoms with Crippen molar-refractivity contribution in [3.8, 4) is 0 Å². The van der Waals surface area contributed by atoms with Crippen LogP contribution >= 0.6 is 0 Å². The van der Waals surface area contributed by atoms with Gasteiger partial charge in [0, 0.05) is 11.1 Å². The van der Waals surface area contributed by atoms with Crippen molar-refractivity contribution in [1.82, 2.24) is 10.1 Å². The molecule has 1 aromatic carbocycles. The Morgan fingerprint density at radius 1 is 1.17 bits per heavy atom. The normalized spacial score (nSPS) is 11.6. The van der Waals surface area contributed by atoms with Gasteiger partial charge in [0.15, 0.2) is 5.82 Å². The summed E-state index contributed by atoms with van der Waals surface area (Å²) in [4.78, 5) is 4.37. The molecule has 0 bridgehead atoms. The van der Waals surface area contributed by atoms with Crippen LogP contribution in [0, 0.1) is 6.92 Å². The van der Waals surface area contributed by atoms with Gasteiger partial charge in [0.2, 0.25) is 5.89 Å². The maximum absolute atomic E-state index is 5.21. The number of benzene rings is 1. The van der Waals surface area contributed by atoms with Crippen LogP contribution in [0.2, 0.25) is 0 Å². The summed E-state index contributed by atoms with van der Waals surface area (Å²) in [6.45, 7) is 8.81. The molecular weight excluding hydrogens is 226 g/mol. The topological polar surface area (TPSA) is 51.0 Å². The summed E-state index contributed by atoms with van der Waals surface area (Å²) < 4.78 is 5.21. The third kappa shape index (κ3) is 3.09. The zero-order valence-corrected chi connectivity index (χ0v) is 11.3. The average molecular weight is 245 g/mol. The van der Waals surface area contributed by atoms with Crippen molar-refractivity contribution in [3.63, 3.8) is 0 Å². The van der Waals surface area contributed by atoms with Crippen molar-refractivity contribution in [2.24, 2.45) is 0 Å². The highest BCUT2D eigenvalue weighted by molar-refractivity contribution is 5.44. The predicted octanol–water partition coefficient (Wildman–Crippen LogP) is 3.29. The quantitative estimate of drug-likeness (QED) is 0.901. The lowest BCUT2D eigenvalue weighted by Crippen LogP contribution is -2.13. The lowest BCUT2D eigenvalue weighted by atomic mass is 9.96. The van der Waals surface area contributed by atoms with E-state index >= 15 is 0 Å². The zero-order chi connectivity index (χ0) is 13.2. The molecule has 0 saturated heterocycles. The minimum Gasteiger partial charge on any atom is -0.376 e. The van der Waals surface area contributed by atoms with Crippen LogP contribution in [0.5, 0.6) is 0 Å². The van der Waals surface area contributed by atoms with Gasteiger partial charge in [0.1, 0.15) is 0 Å². The minimum absolute atomic E-state index is 0.0778. The Morgan fingerprint density at radius 2 is 1.83 bits per heavy atom. The van der Waals surface area contributed by atoms with Gasteiger partial charge in [-0.2, -0.15) is 4.98 Å². The summed E-state index contributed by atoms with van der Waals surface area (Å²) in [6, 6.07) is 8.21. The van der Waals surface area contributed by atoms with E-state index in [4.69, 9.17) is 4.52 Å². The van der Waals surface area contributed by atoms with Crippen LogP contribution in [-0.4, -0.2) is 10.1 Å². The Morgan fingerprint density at radius 3 is 2.39 bits per heavy atom. The van der Waals surface area contributed by atoms with Gasteiger partial charge in [-0.05, 0) is 19.1 Å². The first-order valence-corrected chi connectivity index (χ1v) is 6.09. The van der Waals surface area contributed by atoms with Gasteiger partial charge in [-0.25, -0.2) is 0 Å². The Hall–Kier alpha value is -1.84. The number of nitrogens with one attached hydrogen (secondary N) is 1. The van der Waals surface area contributed by atoms with E-state index in [1.54, 1.807) is 0 Å². The van der Waals surface area contributed by atoms with Crippen molar-refractivity contribution >= 4 is 5.69 Å². The molecule has 18 heavy (non-hydrogen) atoms. The summed E-state index contributed by atoms with van der Waals surface area (Å²) in [5, 5.41) is 7.24. The van der Waals surface area contributed by atoms with Crippen LogP contribution in [0.3, 0.4) is 0 Å². The molecule has 0 aliphatic rings. The molecule has 0 amide bonds. The molecule has 0 spiro atoms. The molecule has 0 aliphatic heterocycles. The van der Waals surface area contributed by atoms with Crippen LogP contribution in [0.4, 0.5) is 5.69 Å². The molecule has 0 unspecified atom stereocenters. The van der Waals surface area contributed by atoms with Crippen molar-refractivity contribution in [2.45, 2.75) is 39.7 Å². The molecule has 0 aliphatic carbocycles. The smallest absolute Gasteiger partial charge is 0.245 e. The summed E-state index contributed by atoms with van der Waals surface area (Å²) in [6.07, 6.45) is 0.